The summed E-state index contributed by atoms with van der Waals surface area (Å²) < 4.78 is 91.0. The Morgan fingerprint density at radius 3 is 2.34 bits per heavy atom. The van der Waals surface area contributed by atoms with Gasteiger partial charge in [0.2, 0.25) is 11.6 Å². The van der Waals surface area contributed by atoms with Crippen LogP contribution in [0.15, 0.2) is 34.3 Å². The van der Waals surface area contributed by atoms with Crippen LogP contribution in [0.5, 0.6) is 5.75 Å². The maximum Gasteiger partial charge on any atom is 0.418 e. The van der Waals surface area contributed by atoms with Gasteiger partial charge in [-0.2, -0.15) is 13.2 Å². The molecule has 0 saturated carbocycles. The van der Waals surface area contributed by atoms with E-state index in [1.54, 1.807) is 13.1 Å². The number of aryl methyl sites for hydroxylation is 1. The van der Waals surface area contributed by atoms with Crippen LogP contribution in [0.3, 0.4) is 0 Å². The first-order valence-electron chi connectivity index (χ1n) is 10.0. The smallest absolute Gasteiger partial charge is 0.418 e. The summed E-state index contributed by atoms with van der Waals surface area (Å²) in [6.45, 7) is 2.04. The number of halogens is 6. The Hall–Kier alpha value is -3.55. The van der Waals surface area contributed by atoms with Crippen LogP contribution in [0.25, 0.3) is 5.69 Å². The summed E-state index contributed by atoms with van der Waals surface area (Å²) in [6, 6.07) is 0.511. The number of ether oxygens (including phenoxy) is 1. The number of hydrogen-bond acceptors (Lipinski definition) is 4. The van der Waals surface area contributed by atoms with E-state index in [1.807, 2.05) is 0 Å². The van der Waals surface area contributed by atoms with Gasteiger partial charge in [-0.05, 0) is 26.0 Å². The zero-order valence-electron chi connectivity index (χ0n) is 18.0. The largest absolute Gasteiger partial charge is 0.426 e. The fraction of sp³-hybridized carbons (Fsp3) is 0.286. The lowest BCUT2D eigenvalue weighted by Crippen LogP contribution is -2.56. The third-order valence-corrected chi connectivity index (χ3v) is 5.93. The fourth-order valence-electron chi connectivity index (χ4n) is 3.64. The lowest BCUT2D eigenvalue weighted by atomic mass is 10.1. The van der Waals surface area contributed by atoms with E-state index in [0.717, 1.165) is 11.5 Å². The molecule has 2 aromatic heterocycles. The number of carbonyl (C=O) groups is 1. The highest BCUT2D eigenvalue weighted by Gasteiger charge is 2.47. The van der Waals surface area contributed by atoms with Crippen LogP contribution in [-0.2, 0) is 6.54 Å². The molecule has 1 aromatic carbocycles. The molecular weight excluding hydrogens is 502 g/mol. The third-order valence-electron chi connectivity index (χ3n) is 5.56. The normalized spacial score (nSPS) is 14.7. The van der Waals surface area contributed by atoms with Gasteiger partial charge >= 0.3 is 6.11 Å². The number of rotatable bonds is 5. The Bertz CT molecular complexity index is 1380. The van der Waals surface area contributed by atoms with Crippen LogP contribution in [0.1, 0.15) is 23.1 Å². The number of aromatic nitrogens is 3. The fourth-order valence-corrected chi connectivity index (χ4v) is 3.86. The van der Waals surface area contributed by atoms with E-state index in [1.165, 1.54) is 23.0 Å². The molecule has 0 spiro atoms. The Labute approximate surface area is 199 Å². The van der Waals surface area contributed by atoms with Gasteiger partial charge in [0.05, 0.1) is 12.0 Å². The number of pyridine rings is 1. The molecule has 3 aromatic rings. The summed E-state index contributed by atoms with van der Waals surface area (Å²) in [6.07, 6.45) is -1.41. The van der Waals surface area contributed by atoms with Gasteiger partial charge < -0.3 is 18.8 Å². The van der Waals surface area contributed by atoms with Crippen molar-refractivity contribution >= 4 is 18.5 Å². The number of imidazole rings is 1. The zero-order valence-corrected chi connectivity index (χ0v) is 18.8. The standard InChI is InChI=1S/C21H15F6N4O3S/c1-9-7-29(8-28-9)11-3-4-12-20(33)30(5-6-31(12)19(11)32)10(2)21(26,27)34-17-15(24)13(22)14(23)16(25)18(17)35/h3-4,7-8,10H,5-6H2,1-2H3/t10-/m0/s1. The average Bonchev–Trinajstić information content (AvgIpc) is 3.25. The molecule has 0 N–H and O–H groups in total. The molecule has 0 bridgehead atoms. The summed E-state index contributed by atoms with van der Waals surface area (Å²) in [4.78, 5) is 29.1. The maximum absolute atomic E-state index is 14.9. The SMILES string of the molecule is Cc1cn(-c2ccc3n(c2=O)CCN([C@@H](C)C(F)(F)Oc2c(F)c(F)c(F)c(F)c2[S])C3=O)cn1. The molecule has 14 heteroatoms. The molecule has 1 aliphatic heterocycles. The molecular formula is C21H15F6N4O3S. The lowest BCUT2D eigenvalue weighted by Gasteiger charge is -2.37. The van der Waals surface area contributed by atoms with Crippen molar-refractivity contribution < 1.29 is 35.9 Å². The van der Waals surface area contributed by atoms with Gasteiger partial charge in [0.15, 0.2) is 17.4 Å². The second kappa shape index (κ2) is 8.59. The second-order valence-electron chi connectivity index (χ2n) is 7.74. The highest BCUT2D eigenvalue weighted by Crippen LogP contribution is 2.38. The van der Waals surface area contributed by atoms with Gasteiger partial charge in [0.1, 0.15) is 22.3 Å². The summed E-state index contributed by atoms with van der Waals surface area (Å²) in [5, 5.41) is 0. The van der Waals surface area contributed by atoms with E-state index >= 15 is 0 Å². The molecule has 0 fully saturated rings. The number of amides is 1. The molecule has 1 aliphatic rings. The first kappa shape index (κ1) is 24.6. The van der Waals surface area contributed by atoms with Crippen LogP contribution in [0.2, 0.25) is 0 Å². The van der Waals surface area contributed by atoms with Gasteiger partial charge in [-0.3, -0.25) is 9.59 Å². The summed E-state index contributed by atoms with van der Waals surface area (Å²) in [7, 11) is 0. The second-order valence-corrected chi connectivity index (χ2v) is 8.14. The minimum Gasteiger partial charge on any atom is -0.426 e. The van der Waals surface area contributed by atoms with Crippen molar-refractivity contribution in [2.75, 3.05) is 6.54 Å². The number of hydrogen-bond donors (Lipinski definition) is 0. The van der Waals surface area contributed by atoms with Crippen molar-refractivity contribution in [3.05, 3.63) is 69.7 Å². The van der Waals surface area contributed by atoms with Gasteiger partial charge in [-0.15, -0.1) is 0 Å². The van der Waals surface area contributed by atoms with E-state index in [4.69, 9.17) is 0 Å². The van der Waals surface area contributed by atoms with Crippen LogP contribution >= 0.6 is 12.6 Å². The third kappa shape index (κ3) is 4.00. The average molecular weight is 517 g/mol. The Balaban J connectivity index is 1.64. The van der Waals surface area contributed by atoms with Crippen molar-refractivity contribution in [2.24, 2.45) is 0 Å². The number of alkyl halides is 2. The number of carbonyl (C=O) groups excluding carboxylic acids is 1. The van der Waals surface area contributed by atoms with E-state index in [2.05, 4.69) is 22.3 Å². The monoisotopic (exact) mass is 517 g/mol. The number of nitrogens with zero attached hydrogens (tertiary/aromatic N) is 4. The highest BCUT2D eigenvalue weighted by atomic mass is 32.1. The van der Waals surface area contributed by atoms with Gasteiger partial charge in [0.25, 0.3) is 11.5 Å². The Morgan fingerprint density at radius 2 is 1.71 bits per heavy atom. The zero-order chi connectivity index (χ0) is 25.8. The van der Waals surface area contributed by atoms with Crippen LogP contribution in [-0.4, -0.2) is 43.6 Å². The van der Waals surface area contributed by atoms with Gasteiger partial charge in [0, 0.05) is 19.3 Å². The number of fused-ring (bicyclic) bond motifs is 1. The van der Waals surface area contributed by atoms with E-state index in [9.17, 15) is 35.9 Å². The predicted molar refractivity (Wildman–Crippen MR) is 111 cm³/mol. The van der Waals surface area contributed by atoms with E-state index in [0.29, 0.717) is 10.6 Å². The van der Waals surface area contributed by atoms with Crippen molar-refractivity contribution in [2.45, 2.75) is 37.4 Å². The molecule has 0 saturated heterocycles. The molecule has 1 atom stereocenters. The predicted octanol–water partition coefficient (Wildman–Crippen LogP) is 3.97. The molecule has 1 amide bonds. The minimum atomic E-state index is -4.41. The van der Waals surface area contributed by atoms with Crippen molar-refractivity contribution in [1.82, 2.24) is 19.0 Å². The minimum absolute atomic E-state index is 0.164. The molecule has 185 valence electrons. The molecule has 35 heavy (non-hydrogen) atoms. The summed E-state index contributed by atoms with van der Waals surface area (Å²) >= 11 is 4.38. The molecule has 1 radical (unpaired) electrons. The molecule has 7 nitrogen and oxygen atoms in total. The van der Waals surface area contributed by atoms with Crippen molar-refractivity contribution in [3.8, 4) is 11.4 Å². The van der Waals surface area contributed by atoms with Crippen LogP contribution in [0.4, 0.5) is 26.3 Å². The molecule has 4 rings (SSSR count). The lowest BCUT2D eigenvalue weighted by molar-refractivity contribution is -0.215. The van der Waals surface area contributed by atoms with Crippen LogP contribution < -0.4 is 10.3 Å². The van der Waals surface area contributed by atoms with Gasteiger partial charge in [-0.25, -0.2) is 18.2 Å². The number of benzene rings is 1. The molecule has 0 unspecified atom stereocenters. The van der Waals surface area contributed by atoms with E-state index < -0.39 is 57.5 Å². The summed E-state index contributed by atoms with van der Waals surface area (Å²) in [5.74, 6) is -11.6. The first-order valence-corrected chi connectivity index (χ1v) is 10.4. The summed E-state index contributed by atoms with van der Waals surface area (Å²) in [5.41, 5.74) is 0.0771. The van der Waals surface area contributed by atoms with E-state index in [-0.39, 0.29) is 24.5 Å². The molecule has 0 aliphatic carbocycles. The quantitative estimate of drug-likeness (QED) is 0.292. The highest BCUT2D eigenvalue weighted by molar-refractivity contribution is 7.80. The van der Waals surface area contributed by atoms with Crippen LogP contribution in [0, 0.1) is 30.2 Å². The Kier molecular flexibility index (Phi) is 6.03. The molecule has 3 heterocycles. The van der Waals surface area contributed by atoms with Gasteiger partial charge in [-0.1, -0.05) is 12.6 Å². The topological polar surface area (TPSA) is 69.4 Å². The maximum atomic E-state index is 14.9. The first-order chi connectivity index (χ1) is 16.3. The Morgan fingerprint density at radius 1 is 1.06 bits per heavy atom. The van der Waals surface area contributed by atoms with Crippen molar-refractivity contribution in [1.29, 1.82) is 0 Å². The van der Waals surface area contributed by atoms with Crippen molar-refractivity contribution in [3.63, 3.8) is 0 Å².